The highest BCUT2D eigenvalue weighted by Crippen LogP contribution is 2.22. The molecule has 0 saturated heterocycles. The zero-order valence-electron chi connectivity index (χ0n) is 10.4. The molecule has 2 unspecified atom stereocenters. The van der Waals surface area contributed by atoms with Gasteiger partial charge in [0.1, 0.15) is 5.75 Å². The molecule has 1 aromatic carbocycles. The van der Waals surface area contributed by atoms with Crippen LogP contribution in [0.2, 0.25) is 0 Å². The number of hydrogen-bond acceptors (Lipinski definition) is 2. The van der Waals surface area contributed by atoms with Crippen molar-refractivity contribution in [1.82, 2.24) is 0 Å². The third-order valence-corrected chi connectivity index (χ3v) is 2.92. The topological polar surface area (TPSA) is 29.5 Å². The van der Waals surface area contributed by atoms with Gasteiger partial charge in [-0.05, 0) is 43.4 Å². The van der Waals surface area contributed by atoms with Crippen molar-refractivity contribution in [3.8, 4) is 5.75 Å². The van der Waals surface area contributed by atoms with Crippen molar-refractivity contribution in [1.29, 1.82) is 0 Å². The highest BCUT2D eigenvalue weighted by Gasteiger charge is 2.05. The van der Waals surface area contributed by atoms with Crippen LogP contribution in [0.3, 0.4) is 0 Å². The van der Waals surface area contributed by atoms with Gasteiger partial charge < -0.3 is 9.84 Å². The molecule has 0 aliphatic heterocycles. The molecule has 1 rings (SSSR count). The highest BCUT2D eigenvalue weighted by molar-refractivity contribution is 5.29. The third-order valence-electron chi connectivity index (χ3n) is 2.92. The SMILES string of the molecule is CCC(C)Oc1ccc(C(C)CCO)cc1. The van der Waals surface area contributed by atoms with Crippen molar-refractivity contribution in [3.63, 3.8) is 0 Å². The zero-order chi connectivity index (χ0) is 12.0. The van der Waals surface area contributed by atoms with Gasteiger partial charge in [0.15, 0.2) is 0 Å². The lowest BCUT2D eigenvalue weighted by Gasteiger charge is -2.14. The minimum Gasteiger partial charge on any atom is -0.491 e. The number of hydrogen-bond donors (Lipinski definition) is 1. The average Bonchev–Trinajstić information content (AvgIpc) is 2.30. The summed E-state index contributed by atoms with van der Waals surface area (Å²) in [6, 6.07) is 8.18. The van der Waals surface area contributed by atoms with Gasteiger partial charge in [-0.2, -0.15) is 0 Å². The van der Waals surface area contributed by atoms with Crippen molar-refractivity contribution in [2.45, 2.75) is 45.6 Å². The van der Waals surface area contributed by atoms with Crippen LogP contribution in [0.25, 0.3) is 0 Å². The van der Waals surface area contributed by atoms with Crippen LogP contribution in [0.15, 0.2) is 24.3 Å². The minimum absolute atomic E-state index is 0.242. The van der Waals surface area contributed by atoms with E-state index in [2.05, 4.69) is 32.9 Å². The summed E-state index contributed by atoms with van der Waals surface area (Å²) in [7, 11) is 0. The van der Waals surface area contributed by atoms with Crippen LogP contribution >= 0.6 is 0 Å². The van der Waals surface area contributed by atoms with Gasteiger partial charge in [-0.1, -0.05) is 26.0 Å². The van der Waals surface area contributed by atoms with Gasteiger partial charge in [0.2, 0.25) is 0 Å². The zero-order valence-corrected chi connectivity index (χ0v) is 10.4. The smallest absolute Gasteiger partial charge is 0.119 e. The Balaban J connectivity index is 2.60. The third kappa shape index (κ3) is 3.86. The van der Waals surface area contributed by atoms with Crippen molar-refractivity contribution in [3.05, 3.63) is 29.8 Å². The van der Waals surface area contributed by atoms with Gasteiger partial charge in [0.25, 0.3) is 0 Å². The second kappa shape index (κ2) is 6.54. The first-order valence-electron chi connectivity index (χ1n) is 6.04. The summed E-state index contributed by atoms with van der Waals surface area (Å²) in [6.07, 6.45) is 2.09. The Morgan fingerprint density at radius 1 is 1.19 bits per heavy atom. The maximum Gasteiger partial charge on any atom is 0.119 e. The first-order valence-corrected chi connectivity index (χ1v) is 6.04. The molecule has 1 N–H and O–H groups in total. The standard InChI is InChI=1S/C14H22O2/c1-4-12(3)16-14-7-5-13(6-8-14)11(2)9-10-15/h5-8,11-12,15H,4,9-10H2,1-3H3. The number of aliphatic hydroxyl groups is 1. The molecular weight excluding hydrogens is 200 g/mol. The van der Waals surface area contributed by atoms with Crippen LogP contribution < -0.4 is 4.74 Å². The van der Waals surface area contributed by atoms with Gasteiger partial charge >= 0.3 is 0 Å². The van der Waals surface area contributed by atoms with Crippen LogP contribution in [0, 0.1) is 0 Å². The van der Waals surface area contributed by atoms with E-state index in [9.17, 15) is 0 Å². The van der Waals surface area contributed by atoms with Gasteiger partial charge in [0.05, 0.1) is 6.10 Å². The summed E-state index contributed by atoms with van der Waals surface area (Å²) >= 11 is 0. The number of ether oxygens (including phenoxy) is 1. The molecule has 1 aromatic rings. The summed E-state index contributed by atoms with van der Waals surface area (Å²) in [5.74, 6) is 1.33. The summed E-state index contributed by atoms with van der Waals surface area (Å²) < 4.78 is 5.71. The molecule has 0 aromatic heterocycles. The monoisotopic (exact) mass is 222 g/mol. The fraction of sp³-hybridized carbons (Fsp3) is 0.571. The number of aliphatic hydroxyl groups excluding tert-OH is 1. The summed E-state index contributed by atoms with van der Waals surface area (Å²) in [5, 5.41) is 8.88. The Hall–Kier alpha value is -1.02. The molecule has 0 aliphatic rings. The van der Waals surface area contributed by atoms with Gasteiger partial charge in [-0.25, -0.2) is 0 Å². The molecule has 0 fully saturated rings. The van der Waals surface area contributed by atoms with E-state index in [-0.39, 0.29) is 12.7 Å². The van der Waals surface area contributed by atoms with Crippen LogP contribution in [0.1, 0.15) is 45.1 Å². The van der Waals surface area contributed by atoms with E-state index >= 15 is 0 Å². The molecule has 0 spiro atoms. The van der Waals surface area contributed by atoms with Gasteiger partial charge in [0, 0.05) is 6.61 Å². The van der Waals surface area contributed by atoms with E-state index in [1.165, 1.54) is 5.56 Å². The van der Waals surface area contributed by atoms with E-state index in [0.717, 1.165) is 18.6 Å². The minimum atomic E-state index is 0.242. The van der Waals surface area contributed by atoms with Crippen molar-refractivity contribution < 1.29 is 9.84 Å². The Morgan fingerprint density at radius 3 is 2.31 bits per heavy atom. The van der Waals surface area contributed by atoms with Crippen LogP contribution in [-0.4, -0.2) is 17.8 Å². The molecule has 2 atom stereocenters. The first-order chi connectivity index (χ1) is 7.67. The molecule has 2 heteroatoms. The second-order valence-corrected chi connectivity index (χ2v) is 4.32. The van der Waals surface area contributed by atoms with E-state index in [1.54, 1.807) is 0 Å². The maximum atomic E-state index is 8.88. The molecule has 0 saturated carbocycles. The highest BCUT2D eigenvalue weighted by atomic mass is 16.5. The van der Waals surface area contributed by atoms with Crippen molar-refractivity contribution >= 4 is 0 Å². The summed E-state index contributed by atoms with van der Waals surface area (Å²) in [5.41, 5.74) is 1.26. The lowest BCUT2D eigenvalue weighted by Crippen LogP contribution is -2.09. The van der Waals surface area contributed by atoms with E-state index < -0.39 is 0 Å². The Kier molecular flexibility index (Phi) is 5.33. The summed E-state index contributed by atoms with van der Waals surface area (Å²) in [4.78, 5) is 0. The fourth-order valence-corrected chi connectivity index (χ4v) is 1.55. The normalized spacial score (nSPS) is 14.5. The molecule has 0 heterocycles. The molecule has 0 amide bonds. The van der Waals surface area contributed by atoms with E-state index in [4.69, 9.17) is 9.84 Å². The van der Waals surface area contributed by atoms with Gasteiger partial charge in [-0.15, -0.1) is 0 Å². The largest absolute Gasteiger partial charge is 0.491 e. The van der Waals surface area contributed by atoms with E-state index in [1.807, 2.05) is 12.1 Å². The quantitative estimate of drug-likeness (QED) is 0.799. The van der Waals surface area contributed by atoms with Crippen LogP contribution in [0.4, 0.5) is 0 Å². The summed E-state index contributed by atoms with van der Waals surface area (Å²) in [6.45, 7) is 6.55. The lowest BCUT2D eigenvalue weighted by atomic mass is 9.98. The lowest BCUT2D eigenvalue weighted by molar-refractivity contribution is 0.217. The van der Waals surface area contributed by atoms with Crippen LogP contribution in [-0.2, 0) is 0 Å². The van der Waals surface area contributed by atoms with Crippen molar-refractivity contribution in [2.75, 3.05) is 6.61 Å². The van der Waals surface area contributed by atoms with Gasteiger partial charge in [-0.3, -0.25) is 0 Å². The Labute approximate surface area is 98.3 Å². The second-order valence-electron chi connectivity index (χ2n) is 4.32. The predicted molar refractivity (Wildman–Crippen MR) is 66.9 cm³/mol. The fourth-order valence-electron chi connectivity index (χ4n) is 1.55. The maximum absolute atomic E-state index is 8.88. The molecule has 2 nitrogen and oxygen atoms in total. The first kappa shape index (κ1) is 13.0. The Morgan fingerprint density at radius 2 is 1.81 bits per heavy atom. The molecular formula is C14H22O2. The Bertz CT molecular complexity index is 292. The average molecular weight is 222 g/mol. The molecule has 0 bridgehead atoms. The predicted octanol–water partition coefficient (Wildman–Crippen LogP) is 3.35. The number of benzene rings is 1. The molecule has 0 radical (unpaired) electrons. The molecule has 90 valence electrons. The molecule has 16 heavy (non-hydrogen) atoms. The van der Waals surface area contributed by atoms with Crippen molar-refractivity contribution in [2.24, 2.45) is 0 Å². The van der Waals surface area contributed by atoms with E-state index in [0.29, 0.717) is 5.92 Å². The van der Waals surface area contributed by atoms with Crippen LogP contribution in [0.5, 0.6) is 5.75 Å². The number of rotatable bonds is 6. The molecule has 0 aliphatic carbocycles.